The Morgan fingerprint density at radius 2 is 2.26 bits per heavy atom. The van der Waals surface area contributed by atoms with Crippen molar-refractivity contribution < 1.29 is 9.32 Å². The molecule has 1 amide bonds. The summed E-state index contributed by atoms with van der Waals surface area (Å²) in [5.41, 5.74) is 4.10. The van der Waals surface area contributed by atoms with Gasteiger partial charge in [0.2, 0.25) is 5.91 Å². The fraction of sp³-hybridized carbons (Fsp3) is 0.588. The number of hydrogen-bond acceptors (Lipinski definition) is 4. The van der Waals surface area contributed by atoms with E-state index in [1.165, 1.54) is 0 Å². The van der Waals surface area contributed by atoms with Gasteiger partial charge in [-0.2, -0.15) is 5.10 Å². The van der Waals surface area contributed by atoms with Gasteiger partial charge in [-0.25, -0.2) is 0 Å². The molecule has 1 aliphatic rings. The molecule has 0 unspecified atom stereocenters. The normalized spacial score (nSPS) is 18.4. The largest absolute Gasteiger partial charge is 0.361 e. The molecule has 2 aromatic heterocycles. The van der Waals surface area contributed by atoms with Crippen molar-refractivity contribution in [3.63, 3.8) is 0 Å². The Bertz CT molecular complexity index is 669. The second-order valence-electron chi connectivity index (χ2n) is 6.46. The van der Waals surface area contributed by atoms with Crippen LogP contribution in [0.3, 0.4) is 0 Å². The molecule has 1 N–H and O–H groups in total. The van der Waals surface area contributed by atoms with E-state index in [-0.39, 0.29) is 5.91 Å². The third-order valence-electron chi connectivity index (χ3n) is 4.69. The Hall–Kier alpha value is -2.11. The van der Waals surface area contributed by atoms with Crippen LogP contribution in [0.4, 0.5) is 0 Å². The van der Waals surface area contributed by atoms with Crippen LogP contribution in [0.2, 0.25) is 0 Å². The number of likely N-dealkylation sites (tertiary alicyclic amines) is 1. The Morgan fingerprint density at radius 1 is 1.43 bits per heavy atom. The lowest BCUT2D eigenvalue weighted by molar-refractivity contribution is -0.132. The molecule has 1 aliphatic heterocycles. The van der Waals surface area contributed by atoms with Gasteiger partial charge in [-0.1, -0.05) is 5.16 Å². The highest BCUT2D eigenvalue weighted by Crippen LogP contribution is 2.26. The summed E-state index contributed by atoms with van der Waals surface area (Å²) in [5.74, 6) is 1.37. The lowest BCUT2D eigenvalue weighted by atomic mass is 9.94. The quantitative estimate of drug-likeness (QED) is 0.941. The molecule has 0 spiro atoms. The molecule has 124 valence electrons. The number of nitrogens with one attached hydrogen (secondary N) is 1. The van der Waals surface area contributed by atoms with Crippen molar-refractivity contribution in [1.82, 2.24) is 20.3 Å². The fourth-order valence-electron chi connectivity index (χ4n) is 3.34. The summed E-state index contributed by atoms with van der Waals surface area (Å²) in [6.45, 7) is 7.45. The molecule has 1 fully saturated rings. The number of carbonyl (C=O) groups excluding carboxylic acids is 1. The van der Waals surface area contributed by atoms with Crippen LogP contribution in [0.5, 0.6) is 0 Å². The number of carbonyl (C=O) groups is 1. The SMILES string of the molecule is Cc1cc([C@@H]2CCCN(C(=O)CCc3c(C)noc3C)C2)n[nH]1. The average molecular weight is 316 g/mol. The molecule has 6 heteroatoms. The standard InChI is InChI=1S/C17H24N4O2/c1-11-9-16(19-18-11)14-5-4-8-21(10-14)17(22)7-6-15-12(2)20-23-13(15)3/h9,14H,4-8,10H2,1-3H3,(H,18,19)/t14-/m1/s1. The van der Waals surface area contributed by atoms with Crippen molar-refractivity contribution in [3.8, 4) is 0 Å². The first-order valence-corrected chi connectivity index (χ1v) is 8.26. The first-order chi connectivity index (χ1) is 11.0. The maximum atomic E-state index is 12.5. The molecule has 3 rings (SSSR count). The zero-order chi connectivity index (χ0) is 16.4. The van der Waals surface area contributed by atoms with Gasteiger partial charge in [-0.3, -0.25) is 9.89 Å². The number of aryl methyl sites for hydroxylation is 3. The predicted octanol–water partition coefficient (Wildman–Crippen LogP) is 2.66. The maximum Gasteiger partial charge on any atom is 0.222 e. The second kappa shape index (κ2) is 6.56. The van der Waals surface area contributed by atoms with Gasteiger partial charge in [0, 0.05) is 36.7 Å². The molecule has 0 bridgehead atoms. The molecular weight excluding hydrogens is 292 g/mol. The van der Waals surface area contributed by atoms with Crippen LogP contribution in [0.1, 0.15) is 53.6 Å². The number of aromatic amines is 1. The number of aromatic nitrogens is 3. The lowest BCUT2D eigenvalue weighted by Crippen LogP contribution is -2.39. The molecule has 0 radical (unpaired) electrons. The zero-order valence-corrected chi connectivity index (χ0v) is 14.1. The topological polar surface area (TPSA) is 75.0 Å². The smallest absolute Gasteiger partial charge is 0.222 e. The maximum absolute atomic E-state index is 12.5. The zero-order valence-electron chi connectivity index (χ0n) is 14.1. The minimum atomic E-state index is 0.210. The van der Waals surface area contributed by atoms with Crippen LogP contribution in [0.15, 0.2) is 10.6 Å². The van der Waals surface area contributed by atoms with Crippen LogP contribution in [0.25, 0.3) is 0 Å². The van der Waals surface area contributed by atoms with E-state index in [4.69, 9.17) is 4.52 Å². The molecule has 0 aromatic carbocycles. The molecule has 1 saturated heterocycles. The third-order valence-corrected chi connectivity index (χ3v) is 4.69. The van der Waals surface area contributed by atoms with E-state index in [2.05, 4.69) is 21.4 Å². The summed E-state index contributed by atoms with van der Waals surface area (Å²) in [4.78, 5) is 14.5. The molecular formula is C17H24N4O2. The van der Waals surface area contributed by atoms with E-state index in [1.54, 1.807) is 0 Å². The molecule has 3 heterocycles. The predicted molar refractivity (Wildman–Crippen MR) is 86.2 cm³/mol. The van der Waals surface area contributed by atoms with Crippen molar-refractivity contribution >= 4 is 5.91 Å². The number of amides is 1. The van der Waals surface area contributed by atoms with Gasteiger partial charge >= 0.3 is 0 Å². The van der Waals surface area contributed by atoms with Crippen LogP contribution in [0, 0.1) is 20.8 Å². The minimum Gasteiger partial charge on any atom is -0.361 e. The summed E-state index contributed by atoms with van der Waals surface area (Å²) >= 11 is 0. The number of nitrogens with zero attached hydrogens (tertiary/aromatic N) is 3. The van der Waals surface area contributed by atoms with Crippen molar-refractivity contribution in [3.05, 3.63) is 34.5 Å². The number of hydrogen-bond donors (Lipinski definition) is 1. The van der Waals surface area contributed by atoms with Gasteiger partial charge < -0.3 is 9.42 Å². The summed E-state index contributed by atoms with van der Waals surface area (Å²) in [5, 5.41) is 11.3. The van der Waals surface area contributed by atoms with Crippen molar-refractivity contribution in [2.45, 2.75) is 52.4 Å². The third kappa shape index (κ3) is 3.46. The van der Waals surface area contributed by atoms with Gasteiger partial charge in [0.25, 0.3) is 0 Å². The highest BCUT2D eigenvalue weighted by molar-refractivity contribution is 5.76. The van der Waals surface area contributed by atoms with E-state index in [0.717, 1.165) is 54.3 Å². The summed E-state index contributed by atoms with van der Waals surface area (Å²) in [7, 11) is 0. The van der Waals surface area contributed by atoms with Crippen LogP contribution in [-0.4, -0.2) is 39.3 Å². The molecule has 23 heavy (non-hydrogen) atoms. The van der Waals surface area contributed by atoms with Crippen LogP contribution < -0.4 is 0 Å². The second-order valence-corrected chi connectivity index (χ2v) is 6.46. The van der Waals surface area contributed by atoms with E-state index in [9.17, 15) is 4.79 Å². The minimum absolute atomic E-state index is 0.210. The van der Waals surface area contributed by atoms with E-state index < -0.39 is 0 Å². The van der Waals surface area contributed by atoms with E-state index in [0.29, 0.717) is 18.8 Å². The van der Waals surface area contributed by atoms with Crippen LogP contribution >= 0.6 is 0 Å². The Morgan fingerprint density at radius 3 is 2.91 bits per heavy atom. The van der Waals surface area contributed by atoms with Gasteiger partial charge in [-0.15, -0.1) is 0 Å². The number of rotatable bonds is 4. The summed E-state index contributed by atoms with van der Waals surface area (Å²) in [6.07, 6.45) is 3.34. The average Bonchev–Trinajstić information content (AvgIpc) is 3.12. The van der Waals surface area contributed by atoms with Crippen LogP contribution in [-0.2, 0) is 11.2 Å². The highest BCUT2D eigenvalue weighted by Gasteiger charge is 2.26. The molecule has 6 nitrogen and oxygen atoms in total. The van der Waals surface area contributed by atoms with Crippen molar-refractivity contribution in [2.24, 2.45) is 0 Å². The molecule has 0 saturated carbocycles. The van der Waals surface area contributed by atoms with Crippen molar-refractivity contribution in [1.29, 1.82) is 0 Å². The van der Waals surface area contributed by atoms with E-state index in [1.807, 2.05) is 25.7 Å². The summed E-state index contributed by atoms with van der Waals surface area (Å²) < 4.78 is 5.16. The lowest BCUT2D eigenvalue weighted by Gasteiger charge is -2.32. The first-order valence-electron chi connectivity index (χ1n) is 8.26. The van der Waals surface area contributed by atoms with E-state index >= 15 is 0 Å². The van der Waals surface area contributed by atoms with Gasteiger partial charge in [0.1, 0.15) is 5.76 Å². The van der Waals surface area contributed by atoms with Crippen molar-refractivity contribution in [2.75, 3.05) is 13.1 Å². The number of H-pyrrole nitrogens is 1. The molecule has 2 aromatic rings. The Kier molecular flexibility index (Phi) is 4.50. The monoisotopic (exact) mass is 316 g/mol. The Labute approximate surface area is 136 Å². The summed E-state index contributed by atoms with van der Waals surface area (Å²) in [6, 6.07) is 2.09. The first kappa shape index (κ1) is 15.8. The fourth-order valence-corrected chi connectivity index (χ4v) is 3.34. The Balaban J connectivity index is 1.59. The number of piperidine rings is 1. The molecule has 0 aliphatic carbocycles. The van der Waals surface area contributed by atoms with Gasteiger partial charge in [0.05, 0.1) is 11.4 Å². The van der Waals surface area contributed by atoms with Gasteiger partial charge in [0.15, 0.2) is 0 Å². The van der Waals surface area contributed by atoms with Gasteiger partial charge in [-0.05, 0) is 46.1 Å². The highest BCUT2D eigenvalue weighted by atomic mass is 16.5. The molecule has 1 atom stereocenters.